The quantitative estimate of drug-likeness (QED) is 0.768. The van der Waals surface area contributed by atoms with Gasteiger partial charge in [-0.2, -0.15) is 4.21 Å². The lowest BCUT2D eigenvalue weighted by Gasteiger charge is -2.15. The van der Waals surface area contributed by atoms with Gasteiger partial charge in [-0.05, 0) is 0 Å². The van der Waals surface area contributed by atoms with Crippen molar-refractivity contribution in [3.8, 4) is 17.2 Å². The molecule has 7 heteroatoms. The molecule has 0 bridgehead atoms. The fourth-order valence-electron chi connectivity index (χ4n) is 1.28. The Bertz CT molecular complexity index is 424. The molecule has 1 aromatic rings. The summed E-state index contributed by atoms with van der Waals surface area (Å²) in [7, 11) is 4.49. The number of ether oxygens (including phenoxy) is 3. The van der Waals surface area contributed by atoms with E-state index in [1.165, 1.54) is 21.3 Å². The smallest absolute Gasteiger partial charge is 0.315 e. The minimum absolute atomic E-state index is 0.404. The van der Waals surface area contributed by atoms with Crippen LogP contribution in [0.2, 0.25) is 0 Å². The van der Waals surface area contributed by atoms with E-state index in [4.69, 9.17) is 14.2 Å². The van der Waals surface area contributed by atoms with Gasteiger partial charge < -0.3 is 18.4 Å². The molecule has 0 aliphatic carbocycles. The molecule has 100 valence electrons. The molecule has 18 heavy (non-hydrogen) atoms. The van der Waals surface area contributed by atoms with E-state index in [-0.39, 0.29) is 0 Å². The number of methoxy groups -OCH3 is 3. The first kappa shape index (κ1) is 14.2. The van der Waals surface area contributed by atoms with Gasteiger partial charge >= 0.3 is 11.3 Å². The van der Waals surface area contributed by atoms with E-state index in [0.717, 1.165) is 6.26 Å². The summed E-state index contributed by atoms with van der Waals surface area (Å²) in [5.74, 6) is 1.41. The van der Waals surface area contributed by atoms with Gasteiger partial charge in [-0.15, -0.1) is 0 Å². The van der Waals surface area contributed by atoms with Gasteiger partial charge in [0.1, 0.15) is 22.9 Å². The van der Waals surface area contributed by atoms with E-state index < -0.39 is 11.3 Å². The Labute approximate surface area is 108 Å². The lowest BCUT2D eigenvalue weighted by molar-refractivity contribution is 0.378. The van der Waals surface area contributed by atoms with E-state index >= 15 is 0 Å². The lowest BCUT2D eigenvalue weighted by Crippen LogP contribution is -2.08. The fraction of sp³-hybridized carbons (Fsp3) is 0.273. The van der Waals surface area contributed by atoms with Crippen LogP contribution in [-0.4, -0.2) is 25.5 Å². The summed E-state index contributed by atoms with van der Waals surface area (Å²) < 4.78 is 34.2. The minimum Gasteiger partial charge on any atom is -0.496 e. The van der Waals surface area contributed by atoms with Crippen LogP contribution in [0, 0.1) is 0 Å². The Balaban J connectivity index is 3.14. The second kappa shape index (κ2) is 6.75. The van der Waals surface area contributed by atoms with Gasteiger partial charge in [0.2, 0.25) is 0 Å². The maximum atomic E-state index is 11.5. The molecule has 0 saturated heterocycles. The lowest BCUT2D eigenvalue weighted by atomic mass is 10.2. The van der Waals surface area contributed by atoms with Crippen molar-refractivity contribution in [2.75, 3.05) is 26.1 Å². The van der Waals surface area contributed by atoms with Crippen LogP contribution in [0.4, 0.5) is 5.69 Å². The highest BCUT2D eigenvalue weighted by Crippen LogP contribution is 2.39. The van der Waals surface area contributed by atoms with Crippen molar-refractivity contribution in [1.82, 2.24) is 0 Å². The van der Waals surface area contributed by atoms with Gasteiger partial charge in [-0.3, -0.25) is 4.72 Å². The zero-order valence-corrected chi connectivity index (χ0v) is 11.2. The summed E-state index contributed by atoms with van der Waals surface area (Å²) in [6.45, 7) is 3.32. The number of nitrogens with one attached hydrogen (secondary N) is 1. The van der Waals surface area contributed by atoms with Crippen molar-refractivity contribution in [3.63, 3.8) is 0 Å². The first-order valence-electron chi connectivity index (χ1n) is 4.92. The van der Waals surface area contributed by atoms with Crippen molar-refractivity contribution in [2.45, 2.75) is 0 Å². The van der Waals surface area contributed by atoms with E-state index in [2.05, 4.69) is 15.5 Å². The van der Waals surface area contributed by atoms with E-state index in [9.17, 15) is 4.21 Å². The molecule has 6 nitrogen and oxygen atoms in total. The Morgan fingerprint density at radius 3 is 2.11 bits per heavy atom. The molecule has 0 radical (unpaired) electrons. The largest absolute Gasteiger partial charge is 0.496 e. The number of rotatable bonds is 7. The molecule has 0 saturated carbocycles. The SMILES string of the molecule is C=COS(=O)Nc1c(OC)cc(OC)cc1OC. The standard InChI is InChI=1S/C11H15NO5S/c1-5-17-18(13)12-11-9(15-3)6-8(14-2)7-10(11)16-4/h5-7,12H,1H2,2-4H3. The average Bonchev–Trinajstić information content (AvgIpc) is 2.39. The van der Waals surface area contributed by atoms with Crippen LogP contribution in [0.1, 0.15) is 0 Å². The first-order chi connectivity index (χ1) is 8.65. The van der Waals surface area contributed by atoms with Crippen LogP contribution in [0.15, 0.2) is 25.0 Å². The third-order valence-electron chi connectivity index (χ3n) is 2.06. The summed E-state index contributed by atoms with van der Waals surface area (Å²) >= 11 is -1.77. The van der Waals surface area contributed by atoms with Crippen LogP contribution in [0.3, 0.4) is 0 Å². The van der Waals surface area contributed by atoms with E-state index in [1.807, 2.05) is 0 Å². The first-order valence-corrected chi connectivity index (χ1v) is 6.00. The predicted molar refractivity (Wildman–Crippen MR) is 69.1 cm³/mol. The molecule has 1 rings (SSSR count). The summed E-state index contributed by atoms with van der Waals surface area (Å²) in [6.07, 6.45) is 1.07. The van der Waals surface area contributed by atoms with Crippen molar-refractivity contribution in [2.24, 2.45) is 0 Å². The van der Waals surface area contributed by atoms with Gasteiger partial charge in [0, 0.05) is 12.1 Å². The second-order valence-corrected chi connectivity index (χ2v) is 3.87. The number of hydrogen-bond donors (Lipinski definition) is 1. The Morgan fingerprint density at radius 2 is 1.72 bits per heavy atom. The summed E-state index contributed by atoms with van der Waals surface area (Å²) in [4.78, 5) is 0. The van der Waals surface area contributed by atoms with Crippen LogP contribution >= 0.6 is 0 Å². The van der Waals surface area contributed by atoms with Crippen LogP contribution < -0.4 is 18.9 Å². The van der Waals surface area contributed by atoms with Gasteiger partial charge in [-0.1, -0.05) is 6.58 Å². The summed E-state index contributed by atoms with van der Waals surface area (Å²) in [5, 5.41) is 0. The van der Waals surface area contributed by atoms with Crippen molar-refractivity contribution in [1.29, 1.82) is 0 Å². The molecule has 0 amide bonds. The molecule has 1 aromatic carbocycles. The third-order valence-corrected chi connectivity index (χ3v) is 2.74. The van der Waals surface area contributed by atoms with Crippen LogP contribution in [-0.2, 0) is 15.4 Å². The zero-order chi connectivity index (χ0) is 13.5. The molecular formula is C11H15NO5S. The predicted octanol–water partition coefficient (Wildman–Crippen LogP) is 1.86. The highest BCUT2D eigenvalue weighted by molar-refractivity contribution is 7.81. The Hall–Kier alpha value is -1.89. The van der Waals surface area contributed by atoms with Gasteiger partial charge in [0.05, 0.1) is 27.6 Å². The van der Waals surface area contributed by atoms with Crippen molar-refractivity contribution in [3.05, 3.63) is 25.0 Å². The fourth-order valence-corrected chi connectivity index (χ4v) is 1.82. The molecule has 0 spiro atoms. The maximum Gasteiger partial charge on any atom is 0.315 e. The molecule has 1 N–H and O–H groups in total. The summed E-state index contributed by atoms with van der Waals surface area (Å²) in [6, 6.07) is 3.27. The highest BCUT2D eigenvalue weighted by atomic mass is 32.2. The van der Waals surface area contributed by atoms with Gasteiger partial charge in [0.15, 0.2) is 0 Å². The second-order valence-electron chi connectivity index (χ2n) is 3.01. The van der Waals surface area contributed by atoms with Crippen molar-refractivity contribution < 1.29 is 22.6 Å². The monoisotopic (exact) mass is 273 g/mol. The molecule has 0 aliphatic rings. The van der Waals surface area contributed by atoms with Crippen LogP contribution in [0.5, 0.6) is 17.2 Å². The average molecular weight is 273 g/mol. The van der Waals surface area contributed by atoms with Crippen LogP contribution in [0.25, 0.3) is 0 Å². The van der Waals surface area contributed by atoms with E-state index in [0.29, 0.717) is 22.9 Å². The topological polar surface area (TPSA) is 66.0 Å². The van der Waals surface area contributed by atoms with E-state index in [1.54, 1.807) is 12.1 Å². The number of anilines is 1. The maximum absolute atomic E-state index is 11.5. The molecule has 0 fully saturated rings. The molecular weight excluding hydrogens is 258 g/mol. The minimum atomic E-state index is -1.77. The Morgan fingerprint density at radius 1 is 1.17 bits per heavy atom. The highest BCUT2D eigenvalue weighted by Gasteiger charge is 2.15. The van der Waals surface area contributed by atoms with Crippen molar-refractivity contribution >= 4 is 17.0 Å². The molecule has 0 aromatic heterocycles. The molecule has 1 atom stereocenters. The van der Waals surface area contributed by atoms with Gasteiger partial charge in [-0.25, -0.2) is 0 Å². The normalized spacial score (nSPS) is 11.3. The van der Waals surface area contributed by atoms with Gasteiger partial charge in [0.25, 0.3) is 0 Å². The zero-order valence-electron chi connectivity index (χ0n) is 10.4. The summed E-state index contributed by atoms with van der Waals surface area (Å²) in [5.41, 5.74) is 0.404. The molecule has 0 aliphatic heterocycles. The Kier molecular flexibility index (Phi) is 5.31. The molecule has 1 unspecified atom stereocenters. The number of benzene rings is 1. The number of hydrogen-bond acceptors (Lipinski definition) is 5. The third kappa shape index (κ3) is 3.30. The molecule has 0 heterocycles.